The number of nitrogens with zero attached hydrogens (tertiary/aromatic N) is 1. The molecule has 0 atom stereocenters. The van der Waals surface area contributed by atoms with Crippen molar-refractivity contribution in [1.29, 1.82) is 0 Å². The third-order valence-electron chi connectivity index (χ3n) is 4.74. The Morgan fingerprint density at radius 1 is 1.11 bits per heavy atom. The molecule has 1 aliphatic rings. The first-order valence-corrected chi connectivity index (χ1v) is 9.49. The van der Waals surface area contributed by atoms with Crippen LogP contribution >= 0.6 is 0 Å². The van der Waals surface area contributed by atoms with E-state index in [0.29, 0.717) is 11.4 Å². The molecule has 1 saturated carbocycles. The molecule has 0 saturated heterocycles. The van der Waals surface area contributed by atoms with Gasteiger partial charge in [-0.2, -0.15) is 0 Å². The highest BCUT2D eigenvalue weighted by molar-refractivity contribution is 5.95. The van der Waals surface area contributed by atoms with Crippen LogP contribution in [-0.2, 0) is 14.4 Å². The zero-order valence-electron chi connectivity index (χ0n) is 16.3. The van der Waals surface area contributed by atoms with Gasteiger partial charge in [-0.05, 0) is 49.9 Å². The second-order valence-electron chi connectivity index (χ2n) is 6.76. The lowest BCUT2D eigenvalue weighted by atomic mass is 10.0. The fourth-order valence-corrected chi connectivity index (χ4v) is 2.91. The molecule has 3 amide bonds. The largest absolute Gasteiger partial charge is 0.497 e. The van der Waals surface area contributed by atoms with Gasteiger partial charge in [-0.25, -0.2) is 0 Å². The van der Waals surface area contributed by atoms with Crippen molar-refractivity contribution in [1.82, 2.24) is 10.2 Å². The lowest BCUT2D eigenvalue weighted by molar-refractivity contribution is -0.140. The number of anilines is 1. The molecule has 0 aromatic heterocycles. The van der Waals surface area contributed by atoms with Crippen molar-refractivity contribution in [2.24, 2.45) is 5.92 Å². The van der Waals surface area contributed by atoms with Gasteiger partial charge in [0.05, 0.1) is 20.2 Å². The Labute approximate surface area is 160 Å². The smallest absolute Gasteiger partial charge is 0.243 e. The normalized spacial score (nSPS) is 13.2. The van der Waals surface area contributed by atoms with Crippen LogP contribution in [0, 0.1) is 5.92 Å². The van der Waals surface area contributed by atoms with Crippen LogP contribution in [0.5, 0.6) is 5.75 Å². The summed E-state index contributed by atoms with van der Waals surface area (Å²) in [6, 6.07) is 7.09. The minimum Gasteiger partial charge on any atom is -0.497 e. The first-order chi connectivity index (χ1) is 13.0. The highest BCUT2D eigenvalue weighted by atomic mass is 16.5. The minimum absolute atomic E-state index is 0.00974. The van der Waals surface area contributed by atoms with Crippen molar-refractivity contribution < 1.29 is 19.1 Å². The summed E-state index contributed by atoms with van der Waals surface area (Å²) in [6.45, 7) is 3.85. The van der Waals surface area contributed by atoms with Crippen LogP contribution in [0.1, 0.15) is 39.5 Å². The fraction of sp³-hybridized carbons (Fsp3) is 0.550. The summed E-state index contributed by atoms with van der Waals surface area (Å²) in [5.41, 5.74) is 0.624. The molecule has 0 radical (unpaired) electrons. The average molecular weight is 375 g/mol. The number of rotatable bonds is 10. The van der Waals surface area contributed by atoms with E-state index in [1.54, 1.807) is 36.3 Å². The molecule has 0 aliphatic heterocycles. The van der Waals surface area contributed by atoms with Gasteiger partial charge in [0, 0.05) is 17.6 Å². The number of benzene rings is 1. The van der Waals surface area contributed by atoms with Gasteiger partial charge in [0.1, 0.15) is 5.75 Å². The van der Waals surface area contributed by atoms with Crippen LogP contribution < -0.4 is 15.4 Å². The summed E-state index contributed by atoms with van der Waals surface area (Å²) in [5, 5.41) is 5.31. The highest BCUT2D eigenvalue weighted by Crippen LogP contribution is 2.29. The van der Waals surface area contributed by atoms with Gasteiger partial charge in [0.15, 0.2) is 0 Å². The van der Waals surface area contributed by atoms with Crippen molar-refractivity contribution in [2.45, 2.75) is 45.6 Å². The molecule has 0 spiro atoms. The maximum atomic E-state index is 12.6. The molecule has 148 valence electrons. The molecule has 0 unspecified atom stereocenters. The standard InChI is InChI=1S/C20H29N3O4/c1-4-14(5-2)20(26)23(16-8-9-16)13-19(25)21-12-18(24)22-15-6-10-17(27-3)11-7-15/h6-7,10-11,14,16H,4-5,8-9,12-13H2,1-3H3,(H,21,25)(H,22,24). The summed E-state index contributed by atoms with van der Waals surface area (Å²) in [5.74, 6) is 0.0598. The molecule has 1 aliphatic carbocycles. The summed E-state index contributed by atoms with van der Waals surface area (Å²) < 4.78 is 5.06. The number of nitrogens with one attached hydrogen (secondary N) is 2. The Morgan fingerprint density at radius 3 is 2.26 bits per heavy atom. The third kappa shape index (κ3) is 6.27. The quantitative estimate of drug-likeness (QED) is 0.656. The monoisotopic (exact) mass is 375 g/mol. The fourth-order valence-electron chi connectivity index (χ4n) is 2.91. The van der Waals surface area contributed by atoms with Crippen LogP contribution in [0.25, 0.3) is 0 Å². The predicted octanol–water partition coefficient (Wildman–Crippen LogP) is 2.18. The van der Waals surface area contributed by atoms with E-state index in [9.17, 15) is 14.4 Å². The highest BCUT2D eigenvalue weighted by Gasteiger charge is 2.35. The number of amides is 3. The second-order valence-corrected chi connectivity index (χ2v) is 6.76. The molecule has 0 heterocycles. The van der Waals surface area contributed by atoms with Gasteiger partial charge < -0.3 is 20.3 Å². The molecule has 2 rings (SSSR count). The van der Waals surface area contributed by atoms with E-state index < -0.39 is 0 Å². The first kappa shape index (κ1) is 20.7. The Kier molecular flexibility index (Phi) is 7.64. The predicted molar refractivity (Wildman–Crippen MR) is 103 cm³/mol. The van der Waals surface area contributed by atoms with Gasteiger partial charge in [0.25, 0.3) is 0 Å². The minimum atomic E-state index is -0.321. The van der Waals surface area contributed by atoms with E-state index >= 15 is 0 Å². The van der Waals surface area contributed by atoms with Crippen molar-refractivity contribution >= 4 is 23.4 Å². The third-order valence-corrected chi connectivity index (χ3v) is 4.74. The van der Waals surface area contributed by atoms with Crippen LogP contribution in [-0.4, -0.2) is 48.9 Å². The summed E-state index contributed by atoms with van der Waals surface area (Å²) in [4.78, 5) is 38.5. The molecule has 2 N–H and O–H groups in total. The topological polar surface area (TPSA) is 87.7 Å². The Hall–Kier alpha value is -2.57. The molecule has 1 aromatic carbocycles. The molecule has 7 heteroatoms. The van der Waals surface area contributed by atoms with Gasteiger partial charge in [0.2, 0.25) is 17.7 Å². The zero-order chi connectivity index (χ0) is 19.8. The maximum absolute atomic E-state index is 12.6. The van der Waals surface area contributed by atoms with E-state index in [4.69, 9.17) is 4.74 Å². The van der Waals surface area contributed by atoms with Crippen molar-refractivity contribution in [3.63, 3.8) is 0 Å². The number of methoxy groups -OCH3 is 1. The lowest BCUT2D eigenvalue weighted by Gasteiger charge is -2.26. The van der Waals surface area contributed by atoms with Gasteiger partial charge in [-0.15, -0.1) is 0 Å². The van der Waals surface area contributed by atoms with Gasteiger partial charge in [-0.3, -0.25) is 14.4 Å². The van der Waals surface area contributed by atoms with Crippen molar-refractivity contribution in [2.75, 3.05) is 25.5 Å². The number of hydrogen-bond acceptors (Lipinski definition) is 4. The number of ether oxygens (including phenoxy) is 1. The molecule has 27 heavy (non-hydrogen) atoms. The van der Waals surface area contributed by atoms with Gasteiger partial charge in [-0.1, -0.05) is 13.8 Å². The first-order valence-electron chi connectivity index (χ1n) is 9.49. The van der Waals surface area contributed by atoms with E-state index in [1.807, 2.05) is 13.8 Å². The molecule has 7 nitrogen and oxygen atoms in total. The Morgan fingerprint density at radius 2 is 1.74 bits per heavy atom. The average Bonchev–Trinajstić information content (AvgIpc) is 3.51. The van der Waals surface area contributed by atoms with E-state index in [1.165, 1.54) is 0 Å². The molecular formula is C20H29N3O4. The molecular weight excluding hydrogens is 346 g/mol. The Bertz CT molecular complexity index is 652. The molecule has 1 aromatic rings. The van der Waals surface area contributed by atoms with Crippen LogP contribution in [0.15, 0.2) is 24.3 Å². The summed E-state index contributed by atoms with van der Waals surface area (Å²) >= 11 is 0. The van der Waals surface area contributed by atoms with E-state index in [2.05, 4.69) is 10.6 Å². The number of carbonyl (C=O) groups excluding carboxylic acids is 3. The van der Waals surface area contributed by atoms with Crippen LogP contribution in [0.2, 0.25) is 0 Å². The molecule has 0 bridgehead atoms. The van der Waals surface area contributed by atoms with E-state index in [0.717, 1.165) is 25.7 Å². The molecule has 1 fully saturated rings. The van der Waals surface area contributed by atoms with Crippen molar-refractivity contribution in [3.8, 4) is 5.75 Å². The van der Waals surface area contributed by atoms with Crippen LogP contribution in [0.4, 0.5) is 5.69 Å². The van der Waals surface area contributed by atoms with E-state index in [-0.39, 0.29) is 42.8 Å². The summed E-state index contributed by atoms with van der Waals surface area (Å²) in [6.07, 6.45) is 3.42. The zero-order valence-corrected chi connectivity index (χ0v) is 16.3. The maximum Gasteiger partial charge on any atom is 0.243 e. The Balaban J connectivity index is 1.81. The lowest BCUT2D eigenvalue weighted by Crippen LogP contribution is -2.45. The second kappa shape index (κ2) is 9.94. The van der Waals surface area contributed by atoms with Gasteiger partial charge >= 0.3 is 0 Å². The summed E-state index contributed by atoms with van der Waals surface area (Å²) in [7, 11) is 1.57. The van der Waals surface area contributed by atoms with Crippen molar-refractivity contribution in [3.05, 3.63) is 24.3 Å². The van der Waals surface area contributed by atoms with Crippen LogP contribution in [0.3, 0.4) is 0 Å². The number of carbonyl (C=O) groups is 3. The SMILES string of the molecule is CCC(CC)C(=O)N(CC(=O)NCC(=O)Nc1ccc(OC)cc1)C1CC1. The number of hydrogen-bond donors (Lipinski definition) is 2.